The summed E-state index contributed by atoms with van der Waals surface area (Å²) in [6.07, 6.45) is 1.69. The zero-order valence-corrected chi connectivity index (χ0v) is 15.8. The van der Waals surface area contributed by atoms with Gasteiger partial charge in [0.15, 0.2) is 5.65 Å². The zero-order chi connectivity index (χ0) is 19.4. The number of pyridine rings is 1. The van der Waals surface area contributed by atoms with E-state index in [0.717, 1.165) is 12.8 Å². The summed E-state index contributed by atoms with van der Waals surface area (Å²) >= 11 is 6.02. The predicted molar refractivity (Wildman–Crippen MR) is 101 cm³/mol. The lowest BCUT2D eigenvalue weighted by Gasteiger charge is -2.13. The van der Waals surface area contributed by atoms with Crippen LogP contribution in [-0.2, 0) is 13.2 Å². The first-order valence-electron chi connectivity index (χ1n) is 8.56. The molecule has 0 aliphatic carbocycles. The fourth-order valence-electron chi connectivity index (χ4n) is 2.62. The van der Waals surface area contributed by atoms with Gasteiger partial charge < -0.3 is 9.47 Å². The van der Waals surface area contributed by atoms with Gasteiger partial charge in [0.1, 0.15) is 17.9 Å². The zero-order valence-electron chi connectivity index (χ0n) is 15.0. The third kappa shape index (κ3) is 4.03. The second-order valence-electron chi connectivity index (χ2n) is 5.91. The lowest BCUT2D eigenvalue weighted by atomic mass is 10.2. The van der Waals surface area contributed by atoms with Gasteiger partial charge in [0.05, 0.1) is 12.1 Å². The predicted octanol–water partition coefficient (Wildman–Crippen LogP) is 3.97. The molecule has 0 bridgehead atoms. The first kappa shape index (κ1) is 19.1. The number of hydrogen-bond donors (Lipinski definition) is 0. The van der Waals surface area contributed by atoms with Gasteiger partial charge in [0.25, 0.3) is 5.88 Å². The van der Waals surface area contributed by atoms with Crippen LogP contribution in [0.25, 0.3) is 11.2 Å². The normalized spacial score (nSPS) is 11.0. The lowest BCUT2D eigenvalue weighted by Crippen LogP contribution is -2.25. The maximum atomic E-state index is 13.9. The number of ether oxygens (including phenoxy) is 2. The highest BCUT2D eigenvalue weighted by Crippen LogP contribution is 2.21. The SMILES string of the molecule is CCCCn1c(=O)c(OCc2c(F)cccc2Cl)nc2ccc(OC)nc21. The standard InChI is InChI=1S/C19H19ClFN3O3/c1-3-4-10-24-17-15(8-9-16(23-17)26-2)22-18(19(24)25)27-11-12-13(20)6-5-7-14(12)21/h5-9H,3-4,10-11H2,1-2H3. The molecule has 0 aliphatic rings. The van der Waals surface area contributed by atoms with Gasteiger partial charge in [0.2, 0.25) is 5.88 Å². The monoisotopic (exact) mass is 391 g/mol. The Morgan fingerprint density at radius 2 is 2.04 bits per heavy atom. The second kappa shape index (κ2) is 8.35. The molecule has 0 N–H and O–H groups in total. The number of fused-ring (bicyclic) bond motifs is 1. The van der Waals surface area contributed by atoms with E-state index in [-0.39, 0.29) is 23.1 Å². The van der Waals surface area contributed by atoms with Crippen LogP contribution in [0.4, 0.5) is 4.39 Å². The summed E-state index contributed by atoms with van der Waals surface area (Å²) in [7, 11) is 1.51. The molecule has 0 atom stereocenters. The number of halogens is 2. The number of rotatable bonds is 7. The van der Waals surface area contributed by atoms with Gasteiger partial charge >= 0.3 is 5.56 Å². The topological polar surface area (TPSA) is 66.2 Å². The number of aryl methyl sites for hydroxylation is 1. The molecule has 0 amide bonds. The van der Waals surface area contributed by atoms with E-state index >= 15 is 0 Å². The Labute approximate surface area is 160 Å². The number of hydrogen-bond acceptors (Lipinski definition) is 5. The molecule has 142 valence electrons. The Balaban J connectivity index is 2.02. The first-order valence-corrected chi connectivity index (χ1v) is 8.94. The summed E-state index contributed by atoms with van der Waals surface area (Å²) in [6.45, 7) is 2.29. The van der Waals surface area contributed by atoms with Gasteiger partial charge in [-0.3, -0.25) is 9.36 Å². The molecule has 2 heterocycles. The molecule has 2 aromatic heterocycles. The van der Waals surface area contributed by atoms with Crippen molar-refractivity contribution in [3.05, 3.63) is 57.1 Å². The van der Waals surface area contributed by atoms with Crippen molar-refractivity contribution in [2.45, 2.75) is 32.9 Å². The number of methoxy groups -OCH3 is 1. The van der Waals surface area contributed by atoms with Crippen molar-refractivity contribution in [3.8, 4) is 11.8 Å². The van der Waals surface area contributed by atoms with E-state index in [1.54, 1.807) is 18.2 Å². The molecule has 0 saturated heterocycles. The molecule has 8 heteroatoms. The first-order chi connectivity index (χ1) is 13.0. The minimum atomic E-state index is -0.499. The Morgan fingerprint density at radius 3 is 2.74 bits per heavy atom. The van der Waals surface area contributed by atoms with Crippen molar-refractivity contribution in [1.29, 1.82) is 0 Å². The van der Waals surface area contributed by atoms with Gasteiger partial charge in [-0.2, -0.15) is 4.98 Å². The molecular weight excluding hydrogens is 373 g/mol. The summed E-state index contributed by atoms with van der Waals surface area (Å²) in [5, 5.41) is 0.230. The van der Waals surface area contributed by atoms with Crippen molar-refractivity contribution in [2.24, 2.45) is 0 Å². The van der Waals surface area contributed by atoms with Crippen LogP contribution >= 0.6 is 11.6 Å². The largest absolute Gasteiger partial charge is 0.481 e. The summed E-state index contributed by atoms with van der Waals surface area (Å²) < 4.78 is 26.1. The maximum absolute atomic E-state index is 13.9. The Morgan fingerprint density at radius 1 is 1.22 bits per heavy atom. The Kier molecular flexibility index (Phi) is 5.91. The van der Waals surface area contributed by atoms with E-state index in [1.165, 1.54) is 23.8 Å². The smallest absolute Gasteiger partial charge is 0.314 e. The highest BCUT2D eigenvalue weighted by Gasteiger charge is 2.16. The van der Waals surface area contributed by atoms with Crippen LogP contribution in [0.2, 0.25) is 5.02 Å². The van der Waals surface area contributed by atoms with E-state index in [2.05, 4.69) is 9.97 Å². The van der Waals surface area contributed by atoms with Crippen molar-refractivity contribution in [2.75, 3.05) is 7.11 Å². The number of aromatic nitrogens is 3. The van der Waals surface area contributed by atoms with E-state index in [9.17, 15) is 9.18 Å². The third-order valence-corrected chi connectivity index (χ3v) is 4.45. The van der Waals surface area contributed by atoms with Crippen molar-refractivity contribution >= 4 is 22.8 Å². The van der Waals surface area contributed by atoms with Gasteiger partial charge in [-0.05, 0) is 24.6 Å². The van der Waals surface area contributed by atoms with Crippen LogP contribution in [0.1, 0.15) is 25.3 Å². The summed E-state index contributed by atoms with van der Waals surface area (Å²) in [5.41, 5.74) is 0.655. The maximum Gasteiger partial charge on any atom is 0.314 e. The van der Waals surface area contributed by atoms with Crippen LogP contribution < -0.4 is 15.0 Å². The number of unbranched alkanes of at least 4 members (excludes halogenated alkanes) is 1. The van der Waals surface area contributed by atoms with E-state index in [4.69, 9.17) is 21.1 Å². The molecule has 0 fully saturated rings. The molecule has 27 heavy (non-hydrogen) atoms. The number of benzene rings is 1. The fraction of sp³-hybridized carbons (Fsp3) is 0.316. The Hall–Kier alpha value is -2.67. The molecular formula is C19H19ClFN3O3. The van der Waals surface area contributed by atoms with Crippen molar-refractivity contribution in [1.82, 2.24) is 14.5 Å². The van der Waals surface area contributed by atoms with Gasteiger partial charge in [-0.1, -0.05) is 31.0 Å². The molecule has 6 nitrogen and oxygen atoms in total. The van der Waals surface area contributed by atoms with Crippen LogP contribution in [0.15, 0.2) is 35.1 Å². The van der Waals surface area contributed by atoms with E-state index in [0.29, 0.717) is 23.6 Å². The average molecular weight is 392 g/mol. The minimum absolute atomic E-state index is 0.120. The summed E-state index contributed by atoms with van der Waals surface area (Å²) in [5.74, 6) is -0.230. The lowest BCUT2D eigenvalue weighted by molar-refractivity contribution is 0.282. The molecule has 0 spiro atoms. The van der Waals surface area contributed by atoms with Crippen molar-refractivity contribution < 1.29 is 13.9 Å². The Bertz CT molecular complexity index is 1000. The third-order valence-electron chi connectivity index (χ3n) is 4.09. The molecule has 1 aromatic carbocycles. The summed E-state index contributed by atoms with van der Waals surface area (Å²) in [6, 6.07) is 7.71. The van der Waals surface area contributed by atoms with Crippen molar-refractivity contribution in [3.63, 3.8) is 0 Å². The highest BCUT2D eigenvalue weighted by molar-refractivity contribution is 6.31. The molecule has 0 unspecified atom stereocenters. The van der Waals surface area contributed by atoms with Crippen LogP contribution in [0, 0.1) is 5.82 Å². The van der Waals surface area contributed by atoms with Gasteiger partial charge in [0, 0.05) is 18.2 Å². The summed E-state index contributed by atoms with van der Waals surface area (Å²) in [4.78, 5) is 21.4. The van der Waals surface area contributed by atoms with Crippen LogP contribution in [0.3, 0.4) is 0 Å². The highest BCUT2D eigenvalue weighted by atomic mass is 35.5. The quantitative estimate of drug-likeness (QED) is 0.609. The van der Waals surface area contributed by atoms with Crippen LogP contribution in [0.5, 0.6) is 11.8 Å². The van der Waals surface area contributed by atoms with E-state index < -0.39 is 11.4 Å². The van der Waals surface area contributed by atoms with E-state index in [1.807, 2.05) is 6.92 Å². The van der Waals surface area contributed by atoms with Crippen LogP contribution in [-0.4, -0.2) is 21.6 Å². The average Bonchev–Trinajstić information content (AvgIpc) is 2.67. The molecule has 3 rings (SSSR count). The molecule has 0 radical (unpaired) electrons. The van der Waals surface area contributed by atoms with Gasteiger partial charge in [-0.15, -0.1) is 0 Å². The molecule has 3 aromatic rings. The fourth-order valence-corrected chi connectivity index (χ4v) is 2.84. The second-order valence-corrected chi connectivity index (χ2v) is 6.32. The van der Waals surface area contributed by atoms with Gasteiger partial charge in [-0.25, -0.2) is 9.37 Å². The molecule has 0 aliphatic heterocycles. The molecule has 0 saturated carbocycles. The number of nitrogens with zero attached hydrogens (tertiary/aromatic N) is 3. The minimum Gasteiger partial charge on any atom is -0.481 e.